The second-order valence-electron chi connectivity index (χ2n) is 16.6. The molecule has 0 saturated carbocycles. The summed E-state index contributed by atoms with van der Waals surface area (Å²) in [6.07, 6.45) is 35.4. The molecule has 0 aliphatic carbocycles. The fourth-order valence-corrected chi connectivity index (χ4v) is 17.7. The fraction of sp³-hybridized carbons (Fsp3) is 0.932. The third-order valence-corrected chi connectivity index (χ3v) is 22.6. The van der Waals surface area contributed by atoms with Crippen LogP contribution in [0.3, 0.4) is 0 Å². The highest BCUT2D eigenvalue weighted by molar-refractivity contribution is 6.87. The maximum Gasteiger partial charge on any atom is 0.319 e. The number of hydrogen-bond acceptors (Lipinski definition) is 2. The highest BCUT2D eigenvalue weighted by Crippen LogP contribution is 2.40. The summed E-state index contributed by atoms with van der Waals surface area (Å²) in [7, 11) is -3.90. The van der Waals surface area contributed by atoms with Crippen molar-refractivity contribution in [2.75, 3.05) is 0 Å². The molecule has 0 saturated heterocycles. The minimum Gasteiger partial charge on any atom is -0.516 e. The van der Waals surface area contributed by atoms with E-state index >= 15 is 0 Å². The van der Waals surface area contributed by atoms with Gasteiger partial charge in [0.05, 0.1) is 8.07 Å². The van der Waals surface area contributed by atoms with Gasteiger partial charge in [-0.25, -0.2) is 4.79 Å². The van der Waals surface area contributed by atoms with Gasteiger partial charge in [-0.15, -0.1) is 0 Å². The molecule has 0 unspecified atom stereocenters. The van der Waals surface area contributed by atoms with E-state index in [-0.39, 0.29) is 5.97 Å². The van der Waals surface area contributed by atoms with Crippen molar-refractivity contribution in [3.05, 3.63) is 11.3 Å². The molecule has 48 heavy (non-hydrogen) atoms. The monoisotopic (exact) mass is 707 g/mol. The zero-order chi connectivity index (χ0) is 35.9. The Bertz CT molecular complexity index is 743. The van der Waals surface area contributed by atoms with Crippen LogP contribution in [0.15, 0.2) is 11.3 Å². The van der Waals surface area contributed by atoms with Crippen LogP contribution in [0.2, 0.25) is 35.3 Å². The lowest BCUT2D eigenvalue weighted by Gasteiger charge is -2.38. The second kappa shape index (κ2) is 31.4. The fourth-order valence-electron chi connectivity index (χ4n) is 8.12. The minimum atomic E-state index is -2.10. The third kappa shape index (κ3) is 22.5. The summed E-state index contributed by atoms with van der Waals surface area (Å²) in [5.74, 6) is 0.0463. The maximum absolute atomic E-state index is 14.0. The summed E-state index contributed by atoms with van der Waals surface area (Å²) in [4.78, 5) is 14.0. The molecule has 0 rings (SSSR count). The van der Waals surface area contributed by atoms with Gasteiger partial charge in [-0.2, -0.15) is 0 Å². The van der Waals surface area contributed by atoms with E-state index in [4.69, 9.17) is 4.43 Å². The van der Waals surface area contributed by atoms with Crippen molar-refractivity contribution in [2.24, 2.45) is 0 Å². The summed E-state index contributed by atoms with van der Waals surface area (Å²) in [5.41, 5.74) is 4.75. The van der Waals surface area contributed by atoms with E-state index in [1.165, 1.54) is 179 Å². The van der Waals surface area contributed by atoms with Crippen LogP contribution < -0.4 is 0 Å². The molecule has 0 fully saturated rings. The van der Waals surface area contributed by atoms with Crippen molar-refractivity contribution < 1.29 is 9.22 Å². The molecule has 0 amide bonds. The van der Waals surface area contributed by atoms with Gasteiger partial charge in [0.25, 0.3) is 8.32 Å². The summed E-state index contributed by atoms with van der Waals surface area (Å²) in [5, 5.41) is 0. The number of unbranched alkanes of at least 4 members (excludes halogenated alkanes) is 22. The second-order valence-corrected chi connectivity index (χ2v) is 26.0. The molecular weight excluding hydrogens is 617 g/mol. The molecule has 0 aliphatic heterocycles. The molecule has 0 heterocycles. The topological polar surface area (TPSA) is 26.3 Å². The van der Waals surface area contributed by atoms with Crippen LogP contribution in [0.4, 0.5) is 0 Å². The van der Waals surface area contributed by atoms with E-state index in [9.17, 15) is 4.79 Å². The van der Waals surface area contributed by atoms with Crippen LogP contribution in [-0.4, -0.2) is 22.4 Å². The standard InChI is InChI=1S/C44H90O2Si2/c1-10-14-18-20-22-23-24-25-26-27-28-29-30-31-33-35-39-48(41(5)6,42(7)8)40-43(9)44(45)46-47(36-16-12-3,37-17-13-4)38-34-32-21-19-15-11-2/h40-42H,10-39H2,1-9H3. The number of carbonyl (C=O) groups excluding carboxylic acids is 1. The average molecular weight is 707 g/mol. The van der Waals surface area contributed by atoms with E-state index in [0.717, 1.165) is 17.7 Å². The van der Waals surface area contributed by atoms with E-state index in [2.05, 4.69) is 68.0 Å². The maximum atomic E-state index is 14.0. The van der Waals surface area contributed by atoms with Gasteiger partial charge in [0.2, 0.25) is 0 Å². The lowest BCUT2D eigenvalue weighted by molar-refractivity contribution is -0.131. The van der Waals surface area contributed by atoms with Gasteiger partial charge in [-0.1, -0.05) is 234 Å². The molecule has 286 valence electrons. The third-order valence-electron chi connectivity index (χ3n) is 11.7. The van der Waals surface area contributed by atoms with E-state index in [0.29, 0.717) is 11.1 Å². The van der Waals surface area contributed by atoms with Gasteiger partial charge in [-0.3, -0.25) is 0 Å². The Morgan fingerprint density at radius 1 is 0.458 bits per heavy atom. The Balaban J connectivity index is 5.03. The summed E-state index contributed by atoms with van der Waals surface area (Å²) in [6, 6.07) is 4.81. The Morgan fingerprint density at radius 3 is 1.08 bits per heavy atom. The predicted octanol–water partition coefficient (Wildman–Crippen LogP) is 16.5. The molecule has 0 N–H and O–H groups in total. The first-order valence-corrected chi connectivity index (χ1v) is 27.0. The van der Waals surface area contributed by atoms with Crippen LogP contribution in [0.25, 0.3) is 0 Å². The van der Waals surface area contributed by atoms with Crippen molar-refractivity contribution in [3.63, 3.8) is 0 Å². The summed E-state index contributed by atoms with van der Waals surface area (Å²) < 4.78 is 6.83. The molecule has 0 aliphatic rings. The Kier molecular flexibility index (Phi) is 31.2. The van der Waals surface area contributed by atoms with E-state index in [1.54, 1.807) is 0 Å². The molecule has 4 heteroatoms. The molecule has 2 nitrogen and oxygen atoms in total. The van der Waals surface area contributed by atoms with Gasteiger partial charge in [0, 0.05) is 5.57 Å². The Hall–Kier alpha value is -0.356. The number of carbonyl (C=O) groups is 1. The summed E-state index contributed by atoms with van der Waals surface area (Å²) >= 11 is 0. The molecule has 0 spiro atoms. The SMILES string of the molecule is CCCCCCCCCCCCCCCCCC[Si](C=C(C)C(=O)O[Si](CCCC)(CCCC)CCCCCCCC)(C(C)C)C(C)C. The van der Waals surface area contributed by atoms with Crippen molar-refractivity contribution in [2.45, 2.75) is 265 Å². The molecule has 0 aromatic rings. The normalized spacial score (nSPS) is 12.9. The highest BCUT2D eigenvalue weighted by Gasteiger charge is 2.40. The van der Waals surface area contributed by atoms with Crippen LogP contribution in [0, 0.1) is 0 Å². The van der Waals surface area contributed by atoms with E-state index < -0.39 is 16.4 Å². The smallest absolute Gasteiger partial charge is 0.319 e. The predicted molar refractivity (Wildman–Crippen MR) is 224 cm³/mol. The molecule has 0 bridgehead atoms. The van der Waals surface area contributed by atoms with Crippen LogP contribution >= 0.6 is 0 Å². The van der Waals surface area contributed by atoms with Gasteiger partial charge in [0.15, 0.2) is 0 Å². The Labute approximate surface area is 306 Å². The Morgan fingerprint density at radius 2 is 0.750 bits per heavy atom. The number of hydrogen-bond donors (Lipinski definition) is 0. The first kappa shape index (κ1) is 47.6. The van der Waals surface area contributed by atoms with Crippen molar-refractivity contribution in [1.29, 1.82) is 0 Å². The lowest BCUT2D eigenvalue weighted by Crippen LogP contribution is -2.42. The van der Waals surface area contributed by atoms with Gasteiger partial charge in [0.1, 0.15) is 0 Å². The molecule has 0 radical (unpaired) electrons. The number of rotatable bonds is 35. The molecular formula is C44H90O2Si2. The van der Waals surface area contributed by atoms with E-state index in [1.807, 2.05) is 0 Å². The van der Waals surface area contributed by atoms with Gasteiger partial charge >= 0.3 is 5.97 Å². The van der Waals surface area contributed by atoms with Gasteiger partial charge in [-0.05, 0) is 36.1 Å². The van der Waals surface area contributed by atoms with Crippen molar-refractivity contribution >= 4 is 22.4 Å². The van der Waals surface area contributed by atoms with Crippen molar-refractivity contribution in [3.8, 4) is 0 Å². The molecule has 0 atom stereocenters. The van der Waals surface area contributed by atoms with Crippen LogP contribution in [0.5, 0.6) is 0 Å². The first-order valence-electron chi connectivity index (χ1n) is 22.1. The summed E-state index contributed by atoms with van der Waals surface area (Å²) in [6.45, 7) is 21.0. The average Bonchev–Trinajstić information content (AvgIpc) is 3.06. The first-order chi connectivity index (χ1) is 23.1. The van der Waals surface area contributed by atoms with Crippen molar-refractivity contribution in [1.82, 2.24) is 0 Å². The molecule has 0 aromatic carbocycles. The van der Waals surface area contributed by atoms with Gasteiger partial charge < -0.3 is 4.43 Å². The van der Waals surface area contributed by atoms with Crippen LogP contribution in [0.1, 0.15) is 229 Å². The zero-order valence-corrected chi connectivity index (χ0v) is 36.8. The zero-order valence-electron chi connectivity index (χ0n) is 34.8. The minimum absolute atomic E-state index is 0.0463. The quantitative estimate of drug-likeness (QED) is 0.0372. The van der Waals surface area contributed by atoms with Crippen LogP contribution in [-0.2, 0) is 9.22 Å². The lowest BCUT2D eigenvalue weighted by atomic mass is 10.0. The largest absolute Gasteiger partial charge is 0.516 e. The highest BCUT2D eigenvalue weighted by atomic mass is 28.4. The molecule has 0 aromatic heterocycles.